The fourth-order valence-corrected chi connectivity index (χ4v) is 5.13. The zero-order chi connectivity index (χ0) is 23.7. The number of benzene rings is 1. The number of aryl methyl sites for hydroxylation is 1. The molecule has 5 nitrogen and oxygen atoms in total. The van der Waals surface area contributed by atoms with Crippen molar-refractivity contribution in [2.24, 2.45) is 10.9 Å². The molecule has 4 heterocycles. The van der Waals surface area contributed by atoms with Crippen LogP contribution in [0, 0.1) is 25.2 Å². The van der Waals surface area contributed by atoms with Crippen molar-refractivity contribution in [3.8, 4) is 23.6 Å². The number of anilines is 1. The lowest BCUT2D eigenvalue weighted by Crippen LogP contribution is -2.29. The number of fused-ring (bicyclic) bond motifs is 2. The first-order valence-electron chi connectivity index (χ1n) is 12.5. The molecule has 1 unspecified atom stereocenters. The van der Waals surface area contributed by atoms with Crippen LogP contribution in [0.15, 0.2) is 46.3 Å². The van der Waals surface area contributed by atoms with Gasteiger partial charge in [0.1, 0.15) is 5.65 Å². The molecule has 0 amide bonds. The Labute approximate surface area is 200 Å². The van der Waals surface area contributed by atoms with Gasteiger partial charge in [-0.15, -0.1) is 12.3 Å². The Kier molecular flexibility index (Phi) is 6.24. The fourth-order valence-electron chi connectivity index (χ4n) is 5.13. The average molecular weight is 453 g/mol. The third-order valence-corrected chi connectivity index (χ3v) is 7.06. The molecule has 2 aliphatic rings. The Bertz CT molecular complexity index is 1450. The van der Waals surface area contributed by atoms with Crippen LogP contribution in [-0.4, -0.2) is 28.5 Å². The van der Waals surface area contributed by atoms with E-state index in [1.54, 1.807) is 10.5 Å². The molecule has 1 fully saturated rings. The summed E-state index contributed by atoms with van der Waals surface area (Å²) in [6.45, 7) is 6.02. The molecule has 34 heavy (non-hydrogen) atoms. The van der Waals surface area contributed by atoms with Gasteiger partial charge < -0.3 is 4.90 Å². The van der Waals surface area contributed by atoms with Crippen LogP contribution >= 0.6 is 0 Å². The minimum Gasteiger partial charge on any atom is -0.369 e. The first-order valence-corrected chi connectivity index (χ1v) is 12.5. The largest absolute Gasteiger partial charge is 0.369 e. The second kappa shape index (κ2) is 9.46. The molecule has 2 aromatic heterocycles. The van der Waals surface area contributed by atoms with Crippen LogP contribution < -0.4 is 21.0 Å². The number of aromatic nitrogens is 2. The van der Waals surface area contributed by atoms with E-state index in [1.165, 1.54) is 12.8 Å². The quantitative estimate of drug-likeness (QED) is 0.552. The third-order valence-electron chi connectivity index (χ3n) is 7.06. The lowest BCUT2D eigenvalue weighted by atomic mass is 10.0. The van der Waals surface area contributed by atoms with Crippen LogP contribution in [0.1, 0.15) is 51.0 Å². The Balaban J connectivity index is 1.51. The van der Waals surface area contributed by atoms with Crippen LogP contribution in [0.2, 0.25) is 0 Å². The summed E-state index contributed by atoms with van der Waals surface area (Å²) in [4.78, 5) is 25.2. The molecule has 1 saturated heterocycles. The highest BCUT2D eigenvalue weighted by Crippen LogP contribution is 2.25. The summed E-state index contributed by atoms with van der Waals surface area (Å²) in [5.41, 5.74) is 4.31. The van der Waals surface area contributed by atoms with E-state index in [1.807, 2.05) is 25.3 Å². The minimum absolute atomic E-state index is 0.0664. The molecule has 2 aliphatic heterocycles. The normalized spacial score (nSPS) is 19.7. The molecule has 0 saturated carbocycles. The van der Waals surface area contributed by atoms with Crippen molar-refractivity contribution in [1.82, 2.24) is 9.38 Å². The van der Waals surface area contributed by atoms with Gasteiger partial charge in [0.2, 0.25) is 0 Å². The second-order valence-electron chi connectivity index (χ2n) is 9.64. The second-order valence-corrected chi connectivity index (χ2v) is 9.64. The zero-order valence-corrected chi connectivity index (χ0v) is 20.1. The molecule has 2 atom stereocenters. The molecule has 0 N–H and O–H groups in total. The van der Waals surface area contributed by atoms with Gasteiger partial charge in [-0.1, -0.05) is 38.3 Å². The van der Waals surface area contributed by atoms with Gasteiger partial charge in [-0.25, -0.2) is 4.98 Å². The lowest BCUT2D eigenvalue weighted by Gasteiger charge is -2.25. The van der Waals surface area contributed by atoms with Gasteiger partial charge in [-0.05, 0) is 55.2 Å². The zero-order valence-electron chi connectivity index (χ0n) is 20.1. The van der Waals surface area contributed by atoms with Crippen molar-refractivity contribution in [3.63, 3.8) is 0 Å². The third kappa shape index (κ3) is 4.37. The predicted molar refractivity (Wildman–Crippen MR) is 139 cm³/mol. The van der Waals surface area contributed by atoms with Crippen LogP contribution in [0.25, 0.3) is 23.0 Å². The van der Waals surface area contributed by atoms with Gasteiger partial charge >= 0.3 is 0 Å². The number of terminal acetylenes is 1. The van der Waals surface area contributed by atoms with E-state index in [4.69, 9.17) is 16.4 Å². The van der Waals surface area contributed by atoms with Gasteiger partial charge in [-0.2, -0.15) is 0 Å². The van der Waals surface area contributed by atoms with Crippen molar-refractivity contribution in [1.29, 1.82) is 0 Å². The summed E-state index contributed by atoms with van der Waals surface area (Å²) in [6, 6.07) is 10.2. The van der Waals surface area contributed by atoms with Crippen molar-refractivity contribution in [2.75, 3.05) is 18.0 Å². The molecular weight excluding hydrogens is 420 g/mol. The summed E-state index contributed by atoms with van der Waals surface area (Å²) in [5, 5.41) is 2.17. The molecule has 0 radical (unpaired) electrons. The van der Waals surface area contributed by atoms with Crippen LogP contribution in [0.4, 0.5) is 5.69 Å². The maximum atomic E-state index is 13.2. The molecule has 0 spiro atoms. The summed E-state index contributed by atoms with van der Waals surface area (Å²) in [6.07, 6.45) is 16.7. The van der Waals surface area contributed by atoms with E-state index in [2.05, 4.69) is 36.0 Å². The van der Waals surface area contributed by atoms with Gasteiger partial charge in [-0.3, -0.25) is 14.2 Å². The molecule has 1 aromatic carbocycles. The molecule has 0 aliphatic carbocycles. The van der Waals surface area contributed by atoms with Gasteiger partial charge in [0.25, 0.3) is 5.56 Å². The Hall–Kier alpha value is -3.39. The first-order chi connectivity index (χ1) is 16.6. The van der Waals surface area contributed by atoms with Crippen LogP contribution in [-0.2, 0) is 0 Å². The summed E-state index contributed by atoms with van der Waals surface area (Å²) >= 11 is 0. The Morgan fingerprint density at radius 2 is 2.09 bits per heavy atom. The lowest BCUT2D eigenvalue weighted by molar-refractivity contribution is 0.619. The smallest absolute Gasteiger partial charge is 0.258 e. The summed E-state index contributed by atoms with van der Waals surface area (Å²) < 4.78 is 1.68. The number of hydrogen-bond acceptors (Lipinski definition) is 4. The molecular formula is C29H32N4O. The van der Waals surface area contributed by atoms with E-state index in [0.29, 0.717) is 11.3 Å². The van der Waals surface area contributed by atoms with Gasteiger partial charge in [0.05, 0.1) is 22.8 Å². The van der Waals surface area contributed by atoms with Crippen molar-refractivity contribution in [3.05, 3.63) is 63.0 Å². The van der Waals surface area contributed by atoms with E-state index >= 15 is 0 Å². The highest BCUT2D eigenvalue weighted by atomic mass is 16.1. The minimum atomic E-state index is -0.0664. The maximum Gasteiger partial charge on any atom is 0.258 e. The van der Waals surface area contributed by atoms with Gasteiger partial charge in [0, 0.05) is 36.8 Å². The molecule has 0 bridgehead atoms. The van der Waals surface area contributed by atoms with Crippen molar-refractivity contribution < 1.29 is 0 Å². The molecule has 5 heteroatoms. The summed E-state index contributed by atoms with van der Waals surface area (Å²) in [5.74, 6) is 3.18. The predicted octanol–water partition coefficient (Wildman–Crippen LogP) is 3.88. The maximum absolute atomic E-state index is 13.2. The standard InChI is InChI=1S/C29H32N4O/c1-4-6-10-24-16-23-15-22(11-12-26(23)30-24)27-17-28(34)33-19-25(14-20(3)29(33)31-27)32-13-8-7-9-21(5-2)18-32/h2,11-12,14-17,19,21,24H,4,6-10,13,18H2,1,3H3/t21-,24?/m0/s1. The monoisotopic (exact) mass is 452 g/mol. The number of unbranched alkanes of at least 4 members (excludes halogenated alkanes) is 1. The molecule has 3 aromatic rings. The number of pyridine rings is 1. The van der Waals surface area contributed by atoms with Gasteiger partial charge in [0.15, 0.2) is 0 Å². The van der Waals surface area contributed by atoms with E-state index in [0.717, 1.165) is 66.2 Å². The van der Waals surface area contributed by atoms with Crippen LogP contribution in [0.5, 0.6) is 0 Å². The highest BCUT2D eigenvalue weighted by Gasteiger charge is 2.19. The van der Waals surface area contributed by atoms with Crippen molar-refractivity contribution in [2.45, 2.75) is 58.4 Å². The van der Waals surface area contributed by atoms with Crippen molar-refractivity contribution >= 4 is 17.4 Å². The molecule has 174 valence electrons. The fraction of sp³-hybridized carbons (Fsp3) is 0.414. The number of hydrogen-bond donors (Lipinski definition) is 0. The average Bonchev–Trinajstić information content (AvgIpc) is 3.09. The van der Waals surface area contributed by atoms with Crippen LogP contribution in [0.3, 0.4) is 0 Å². The summed E-state index contributed by atoms with van der Waals surface area (Å²) in [7, 11) is 0. The Morgan fingerprint density at radius 1 is 1.21 bits per heavy atom. The SMILES string of the molecule is C#C[C@H]1CCCCN(c2cc(C)c3nc(-c4ccc5c(c4)=CC(CCCC)N=5)cc(=O)n3c2)C1. The molecule has 5 rings (SSSR count). The van der Waals surface area contributed by atoms with E-state index < -0.39 is 0 Å². The number of rotatable bonds is 5. The number of nitrogens with zero attached hydrogens (tertiary/aromatic N) is 4. The topological polar surface area (TPSA) is 50.0 Å². The highest BCUT2D eigenvalue weighted by molar-refractivity contribution is 5.65. The van der Waals surface area contributed by atoms with E-state index in [-0.39, 0.29) is 17.5 Å². The van der Waals surface area contributed by atoms with E-state index in [9.17, 15) is 4.79 Å². The Morgan fingerprint density at radius 3 is 2.91 bits per heavy atom. The first kappa shape index (κ1) is 22.4.